The molecule has 0 unspecified atom stereocenters. The molecule has 0 saturated carbocycles. The van der Waals surface area contributed by atoms with Crippen LogP contribution in [0.1, 0.15) is 5.56 Å². The number of aryl methyl sites for hydroxylation is 1. The highest BCUT2D eigenvalue weighted by atomic mass is 15.0. The van der Waals surface area contributed by atoms with E-state index in [1.54, 1.807) is 13.4 Å². The zero-order valence-electron chi connectivity index (χ0n) is 6.18. The minimum Gasteiger partial charge on any atom is -0.348 e. The Hall–Kier alpha value is -1.25. The summed E-state index contributed by atoms with van der Waals surface area (Å²) in [5, 5.41) is 3.00. The normalized spacial score (nSPS) is 10.6. The molecule has 1 aromatic rings. The smallest absolute Gasteiger partial charge is 0.111 e. The first-order chi connectivity index (χ1) is 4.84. The van der Waals surface area contributed by atoms with Crippen LogP contribution in [0.5, 0.6) is 0 Å². The van der Waals surface area contributed by atoms with Crippen molar-refractivity contribution in [3.8, 4) is 0 Å². The lowest BCUT2D eigenvalue weighted by molar-refractivity contribution is 1.36. The maximum absolute atomic E-state index is 3.80. The van der Waals surface area contributed by atoms with Gasteiger partial charge in [-0.2, -0.15) is 0 Å². The summed E-state index contributed by atoms with van der Waals surface area (Å²) in [7, 11) is 1.73. The standard InChI is InChI=1S/C7H11N3/c1-6-3-4-9-7(6)10-5-8-2/h3-5,9H,1-2H3,(H,8,10). The van der Waals surface area contributed by atoms with Gasteiger partial charge >= 0.3 is 0 Å². The van der Waals surface area contributed by atoms with Crippen LogP contribution in [0.25, 0.3) is 0 Å². The van der Waals surface area contributed by atoms with Gasteiger partial charge in [0.15, 0.2) is 0 Å². The lowest BCUT2D eigenvalue weighted by Crippen LogP contribution is -1.95. The van der Waals surface area contributed by atoms with Gasteiger partial charge in [-0.15, -0.1) is 0 Å². The highest BCUT2D eigenvalue weighted by Gasteiger charge is 1.92. The minimum atomic E-state index is 1.01. The summed E-state index contributed by atoms with van der Waals surface area (Å²) in [5.74, 6) is 1.01. The SMILES string of the molecule is CN=CNc1[nH]ccc1C. The van der Waals surface area contributed by atoms with Gasteiger partial charge in [-0.3, -0.25) is 4.99 Å². The molecule has 10 heavy (non-hydrogen) atoms. The molecule has 1 aromatic heterocycles. The highest BCUT2D eigenvalue weighted by Crippen LogP contribution is 2.08. The van der Waals surface area contributed by atoms with Gasteiger partial charge in [-0.1, -0.05) is 0 Å². The van der Waals surface area contributed by atoms with Crippen LogP contribution in [-0.2, 0) is 0 Å². The molecule has 0 bridgehead atoms. The molecule has 0 aliphatic rings. The molecule has 3 nitrogen and oxygen atoms in total. The summed E-state index contributed by atoms with van der Waals surface area (Å²) in [6.07, 6.45) is 3.54. The van der Waals surface area contributed by atoms with Crippen LogP contribution < -0.4 is 5.32 Å². The van der Waals surface area contributed by atoms with E-state index in [-0.39, 0.29) is 0 Å². The fourth-order valence-electron chi connectivity index (χ4n) is 0.732. The zero-order valence-corrected chi connectivity index (χ0v) is 6.18. The Bertz CT molecular complexity index is 225. The molecule has 54 valence electrons. The van der Waals surface area contributed by atoms with Gasteiger partial charge < -0.3 is 10.3 Å². The van der Waals surface area contributed by atoms with Crippen molar-refractivity contribution in [1.82, 2.24) is 4.98 Å². The Morgan fingerprint density at radius 1 is 1.70 bits per heavy atom. The number of aromatic nitrogens is 1. The number of H-pyrrole nitrogens is 1. The summed E-state index contributed by atoms with van der Waals surface area (Å²) in [4.78, 5) is 6.83. The van der Waals surface area contributed by atoms with E-state index >= 15 is 0 Å². The minimum absolute atomic E-state index is 1.01. The Morgan fingerprint density at radius 2 is 2.50 bits per heavy atom. The van der Waals surface area contributed by atoms with Gasteiger partial charge in [0.1, 0.15) is 5.82 Å². The van der Waals surface area contributed by atoms with Crippen LogP contribution in [0.4, 0.5) is 5.82 Å². The monoisotopic (exact) mass is 137 g/mol. The second-order valence-corrected chi connectivity index (χ2v) is 2.07. The Labute approximate surface area is 60.2 Å². The van der Waals surface area contributed by atoms with Crippen molar-refractivity contribution in [1.29, 1.82) is 0 Å². The topological polar surface area (TPSA) is 40.2 Å². The highest BCUT2D eigenvalue weighted by molar-refractivity contribution is 5.74. The molecule has 0 atom stereocenters. The van der Waals surface area contributed by atoms with Gasteiger partial charge in [-0.25, -0.2) is 0 Å². The van der Waals surface area contributed by atoms with Crippen LogP contribution in [0.3, 0.4) is 0 Å². The number of aromatic amines is 1. The Kier molecular flexibility index (Phi) is 2.10. The fraction of sp³-hybridized carbons (Fsp3) is 0.286. The molecular formula is C7H11N3. The van der Waals surface area contributed by atoms with Crippen molar-refractivity contribution < 1.29 is 0 Å². The lowest BCUT2D eigenvalue weighted by Gasteiger charge is -1.95. The van der Waals surface area contributed by atoms with Gasteiger partial charge in [-0.05, 0) is 18.6 Å². The van der Waals surface area contributed by atoms with E-state index in [2.05, 4.69) is 15.3 Å². The lowest BCUT2D eigenvalue weighted by atomic mass is 10.4. The van der Waals surface area contributed by atoms with Crippen molar-refractivity contribution in [2.24, 2.45) is 4.99 Å². The van der Waals surface area contributed by atoms with Crippen LogP contribution in [0.15, 0.2) is 17.3 Å². The van der Waals surface area contributed by atoms with Crippen LogP contribution in [0.2, 0.25) is 0 Å². The number of anilines is 1. The van der Waals surface area contributed by atoms with E-state index in [0.717, 1.165) is 5.82 Å². The largest absolute Gasteiger partial charge is 0.348 e. The number of nitrogens with zero attached hydrogens (tertiary/aromatic N) is 1. The quantitative estimate of drug-likeness (QED) is 0.469. The second kappa shape index (κ2) is 3.06. The van der Waals surface area contributed by atoms with Crippen LogP contribution in [-0.4, -0.2) is 18.4 Å². The Balaban J connectivity index is 2.65. The van der Waals surface area contributed by atoms with Gasteiger partial charge in [0.2, 0.25) is 0 Å². The maximum atomic E-state index is 3.80. The van der Waals surface area contributed by atoms with E-state index in [0.29, 0.717) is 0 Å². The molecular weight excluding hydrogens is 126 g/mol. The molecule has 0 aromatic carbocycles. The van der Waals surface area contributed by atoms with Crippen molar-refractivity contribution >= 4 is 12.2 Å². The second-order valence-electron chi connectivity index (χ2n) is 2.07. The van der Waals surface area contributed by atoms with Gasteiger partial charge in [0.05, 0.1) is 6.34 Å². The van der Waals surface area contributed by atoms with Gasteiger partial charge in [0, 0.05) is 13.2 Å². The zero-order chi connectivity index (χ0) is 7.40. The average molecular weight is 137 g/mol. The van der Waals surface area contributed by atoms with E-state index < -0.39 is 0 Å². The van der Waals surface area contributed by atoms with Crippen molar-refractivity contribution in [2.75, 3.05) is 12.4 Å². The molecule has 0 amide bonds. The summed E-state index contributed by atoms with van der Waals surface area (Å²) < 4.78 is 0. The molecule has 0 aliphatic carbocycles. The van der Waals surface area contributed by atoms with Gasteiger partial charge in [0.25, 0.3) is 0 Å². The first-order valence-corrected chi connectivity index (χ1v) is 3.15. The molecule has 0 saturated heterocycles. The summed E-state index contributed by atoms with van der Waals surface area (Å²) in [6.45, 7) is 2.03. The molecule has 0 radical (unpaired) electrons. The summed E-state index contributed by atoms with van der Waals surface area (Å²) in [5.41, 5.74) is 1.19. The number of rotatable bonds is 2. The third kappa shape index (κ3) is 1.37. The molecule has 0 aliphatic heterocycles. The fourth-order valence-corrected chi connectivity index (χ4v) is 0.732. The number of aliphatic imine (C=N–C) groups is 1. The van der Waals surface area contributed by atoms with Crippen molar-refractivity contribution in [3.05, 3.63) is 17.8 Å². The number of nitrogens with one attached hydrogen (secondary N) is 2. The third-order valence-electron chi connectivity index (χ3n) is 1.29. The van der Waals surface area contributed by atoms with E-state index in [1.807, 2.05) is 19.2 Å². The first kappa shape index (κ1) is 6.86. The molecule has 1 rings (SSSR count). The summed E-state index contributed by atoms with van der Waals surface area (Å²) >= 11 is 0. The number of hydrogen-bond acceptors (Lipinski definition) is 1. The molecule has 1 heterocycles. The number of hydrogen-bond donors (Lipinski definition) is 2. The Morgan fingerprint density at radius 3 is 3.00 bits per heavy atom. The first-order valence-electron chi connectivity index (χ1n) is 3.15. The van der Waals surface area contributed by atoms with E-state index in [9.17, 15) is 0 Å². The van der Waals surface area contributed by atoms with Crippen LogP contribution in [0, 0.1) is 6.92 Å². The molecule has 0 fully saturated rings. The molecule has 2 N–H and O–H groups in total. The predicted molar refractivity (Wildman–Crippen MR) is 43.6 cm³/mol. The molecule has 0 spiro atoms. The molecule has 3 heteroatoms. The summed E-state index contributed by atoms with van der Waals surface area (Å²) in [6, 6.07) is 2.01. The van der Waals surface area contributed by atoms with Crippen molar-refractivity contribution in [3.63, 3.8) is 0 Å². The van der Waals surface area contributed by atoms with Crippen molar-refractivity contribution in [2.45, 2.75) is 6.92 Å². The van der Waals surface area contributed by atoms with Crippen LogP contribution >= 0.6 is 0 Å². The average Bonchev–Trinajstić information content (AvgIpc) is 2.31. The van der Waals surface area contributed by atoms with E-state index in [1.165, 1.54) is 5.56 Å². The maximum Gasteiger partial charge on any atom is 0.111 e. The predicted octanol–water partition coefficient (Wildman–Crippen LogP) is 1.39. The third-order valence-corrected chi connectivity index (χ3v) is 1.29. The van der Waals surface area contributed by atoms with E-state index in [4.69, 9.17) is 0 Å².